The van der Waals surface area contributed by atoms with Crippen molar-refractivity contribution in [3.63, 3.8) is 0 Å². The summed E-state index contributed by atoms with van der Waals surface area (Å²) in [5.74, 6) is -0.198. The van der Waals surface area contributed by atoms with Gasteiger partial charge in [0.25, 0.3) is 11.6 Å². The molecule has 130 valence electrons. The minimum Gasteiger partial charge on any atom is -0.341 e. The first-order valence-electron chi connectivity index (χ1n) is 7.91. The monoisotopic (exact) mass is 334 g/mol. The number of nitrogens with one attached hydrogen (secondary N) is 2. The van der Waals surface area contributed by atoms with E-state index >= 15 is 0 Å². The van der Waals surface area contributed by atoms with Crippen LogP contribution in [0.25, 0.3) is 0 Å². The van der Waals surface area contributed by atoms with Crippen LogP contribution in [0.5, 0.6) is 0 Å². The van der Waals surface area contributed by atoms with E-state index in [2.05, 4.69) is 10.6 Å². The van der Waals surface area contributed by atoms with E-state index in [-0.39, 0.29) is 17.2 Å². The first-order valence-corrected chi connectivity index (χ1v) is 7.91. The van der Waals surface area contributed by atoms with Crippen molar-refractivity contribution in [3.8, 4) is 0 Å². The Morgan fingerprint density at radius 2 is 2.21 bits per heavy atom. The molecule has 1 fully saturated rings. The Morgan fingerprint density at radius 1 is 1.46 bits per heavy atom. The second-order valence-electron chi connectivity index (χ2n) is 6.00. The Morgan fingerprint density at radius 3 is 2.88 bits per heavy atom. The van der Waals surface area contributed by atoms with E-state index in [4.69, 9.17) is 0 Å². The Hall–Kier alpha value is -2.48. The molecule has 1 aromatic rings. The van der Waals surface area contributed by atoms with Crippen LogP contribution in [-0.2, 0) is 4.79 Å². The van der Waals surface area contributed by atoms with Gasteiger partial charge in [-0.15, -0.1) is 0 Å². The average Bonchev–Trinajstić information content (AvgIpc) is 3.03. The first-order chi connectivity index (χ1) is 11.4. The highest BCUT2D eigenvalue weighted by atomic mass is 16.6. The average molecular weight is 334 g/mol. The number of rotatable bonds is 6. The van der Waals surface area contributed by atoms with Crippen LogP contribution in [0.2, 0.25) is 0 Å². The van der Waals surface area contributed by atoms with Crippen LogP contribution >= 0.6 is 0 Å². The van der Waals surface area contributed by atoms with Gasteiger partial charge in [-0.05, 0) is 38.9 Å². The molecule has 0 aromatic heterocycles. The smallest absolute Gasteiger partial charge is 0.270 e. The number of nitro benzene ring substituents is 1. The zero-order valence-corrected chi connectivity index (χ0v) is 13.8. The Balaban J connectivity index is 1.95. The van der Waals surface area contributed by atoms with E-state index in [1.54, 1.807) is 11.8 Å². The Kier molecular flexibility index (Phi) is 5.86. The third-order valence-corrected chi connectivity index (χ3v) is 4.13. The lowest BCUT2D eigenvalue weighted by atomic mass is 10.1. The van der Waals surface area contributed by atoms with Gasteiger partial charge in [0, 0.05) is 30.8 Å². The fraction of sp³-hybridized carbons (Fsp3) is 0.500. The number of amides is 2. The summed E-state index contributed by atoms with van der Waals surface area (Å²) in [6.45, 7) is 3.85. The Bertz CT molecular complexity index is 634. The van der Waals surface area contributed by atoms with Crippen LogP contribution in [0, 0.1) is 16.0 Å². The van der Waals surface area contributed by atoms with Gasteiger partial charge in [0.05, 0.1) is 4.92 Å². The van der Waals surface area contributed by atoms with Crippen molar-refractivity contribution >= 4 is 17.5 Å². The number of hydrogen-bond donors (Lipinski definition) is 2. The third-order valence-electron chi connectivity index (χ3n) is 4.13. The summed E-state index contributed by atoms with van der Waals surface area (Å²) < 4.78 is 0. The van der Waals surface area contributed by atoms with Gasteiger partial charge in [-0.3, -0.25) is 19.7 Å². The number of likely N-dealkylation sites (tertiary alicyclic amines) is 1. The molecule has 8 heteroatoms. The van der Waals surface area contributed by atoms with Crippen LogP contribution < -0.4 is 10.6 Å². The summed E-state index contributed by atoms with van der Waals surface area (Å²) in [5.41, 5.74) is 0.00871. The summed E-state index contributed by atoms with van der Waals surface area (Å²) in [7, 11) is 1.88. The maximum absolute atomic E-state index is 12.4. The van der Waals surface area contributed by atoms with Gasteiger partial charge >= 0.3 is 0 Å². The van der Waals surface area contributed by atoms with Crippen molar-refractivity contribution in [3.05, 3.63) is 39.9 Å². The molecule has 2 amide bonds. The maximum Gasteiger partial charge on any atom is 0.270 e. The number of carbonyl (C=O) groups excluding carboxylic acids is 2. The van der Waals surface area contributed by atoms with Crippen molar-refractivity contribution in [2.75, 3.05) is 26.7 Å². The molecule has 1 aliphatic heterocycles. The van der Waals surface area contributed by atoms with Crippen molar-refractivity contribution in [2.45, 2.75) is 19.4 Å². The molecule has 0 radical (unpaired) electrons. The molecule has 0 bridgehead atoms. The van der Waals surface area contributed by atoms with Crippen molar-refractivity contribution in [2.24, 2.45) is 5.92 Å². The summed E-state index contributed by atoms with van der Waals surface area (Å²) in [5, 5.41) is 16.5. The lowest BCUT2D eigenvalue weighted by Crippen LogP contribution is -2.46. The summed E-state index contributed by atoms with van der Waals surface area (Å²) in [6.07, 6.45) is 0.943. The lowest BCUT2D eigenvalue weighted by molar-refractivity contribution is -0.384. The molecule has 1 aliphatic rings. The lowest BCUT2D eigenvalue weighted by Gasteiger charge is -2.22. The molecular formula is C16H22N4O4. The number of nitro groups is 1. The van der Waals surface area contributed by atoms with Gasteiger partial charge in [-0.1, -0.05) is 6.07 Å². The molecule has 24 heavy (non-hydrogen) atoms. The fourth-order valence-corrected chi connectivity index (χ4v) is 2.86. The number of non-ortho nitro benzene ring substituents is 1. The largest absolute Gasteiger partial charge is 0.341 e. The topological polar surface area (TPSA) is 105 Å². The number of carbonyl (C=O) groups is 2. The molecular weight excluding hydrogens is 312 g/mol. The van der Waals surface area contributed by atoms with E-state index in [0.717, 1.165) is 13.0 Å². The summed E-state index contributed by atoms with van der Waals surface area (Å²) in [6, 6.07) is 4.77. The molecule has 0 aliphatic carbocycles. The van der Waals surface area contributed by atoms with Crippen LogP contribution in [0.1, 0.15) is 23.7 Å². The molecule has 2 atom stereocenters. The quantitative estimate of drug-likeness (QED) is 0.591. The number of benzene rings is 1. The SMILES string of the molecule is CNCC1CCN(C(=O)C(C)NC(=O)c2cccc([N+](=O)[O-])c2)C1. The van der Waals surface area contributed by atoms with Crippen LogP contribution in [0.3, 0.4) is 0 Å². The zero-order chi connectivity index (χ0) is 17.7. The van der Waals surface area contributed by atoms with Gasteiger partial charge in [0.15, 0.2) is 0 Å². The molecule has 2 N–H and O–H groups in total. The van der Waals surface area contributed by atoms with E-state index in [1.165, 1.54) is 24.3 Å². The zero-order valence-electron chi connectivity index (χ0n) is 13.8. The van der Waals surface area contributed by atoms with Gasteiger partial charge in [-0.2, -0.15) is 0 Å². The third kappa shape index (κ3) is 4.29. The normalized spacial score (nSPS) is 18.2. The van der Waals surface area contributed by atoms with Crippen LogP contribution in [0.15, 0.2) is 24.3 Å². The van der Waals surface area contributed by atoms with E-state index in [1.807, 2.05) is 7.05 Å². The minimum atomic E-state index is -0.676. The predicted octanol–water partition coefficient (Wildman–Crippen LogP) is 0.781. The Labute approximate surface area is 140 Å². The van der Waals surface area contributed by atoms with E-state index in [9.17, 15) is 19.7 Å². The first kappa shape index (κ1) is 17.9. The van der Waals surface area contributed by atoms with Crippen LogP contribution in [-0.4, -0.2) is 54.4 Å². The maximum atomic E-state index is 12.4. The summed E-state index contributed by atoms with van der Waals surface area (Å²) in [4.78, 5) is 36.6. The fourth-order valence-electron chi connectivity index (χ4n) is 2.86. The van der Waals surface area contributed by atoms with Crippen molar-refractivity contribution in [1.82, 2.24) is 15.5 Å². The molecule has 1 aromatic carbocycles. The highest BCUT2D eigenvalue weighted by Gasteiger charge is 2.29. The van der Waals surface area contributed by atoms with Gasteiger partial charge in [0.2, 0.25) is 5.91 Å². The predicted molar refractivity (Wildman–Crippen MR) is 88.6 cm³/mol. The highest BCUT2D eigenvalue weighted by molar-refractivity contribution is 5.97. The molecule has 0 saturated carbocycles. The minimum absolute atomic E-state index is 0.132. The van der Waals surface area contributed by atoms with Crippen LogP contribution in [0.4, 0.5) is 5.69 Å². The van der Waals surface area contributed by atoms with Crippen molar-refractivity contribution < 1.29 is 14.5 Å². The second-order valence-corrected chi connectivity index (χ2v) is 6.00. The van der Waals surface area contributed by atoms with E-state index in [0.29, 0.717) is 19.0 Å². The van der Waals surface area contributed by atoms with Gasteiger partial charge in [0.1, 0.15) is 6.04 Å². The molecule has 8 nitrogen and oxygen atoms in total. The standard InChI is InChI=1S/C16H22N4O4/c1-11(16(22)19-7-6-12(10-19)9-17-2)18-15(21)13-4-3-5-14(8-13)20(23)24/h3-5,8,11-12,17H,6-7,9-10H2,1-2H3,(H,18,21). The number of nitrogens with zero attached hydrogens (tertiary/aromatic N) is 2. The molecule has 1 heterocycles. The van der Waals surface area contributed by atoms with Crippen molar-refractivity contribution in [1.29, 1.82) is 0 Å². The van der Waals surface area contributed by atoms with Gasteiger partial charge < -0.3 is 15.5 Å². The van der Waals surface area contributed by atoms with Gasteiger partial charge in [-0.25, -0.2) is 0 Å². The second kappa shape index (κ2) is 7.87. The molecule has 2 rings (SSSR count). The molecule has 2 unspecified atom stereocenters. The van der Waals surface area contributed by atoms with E-state index < -0.39 is 16.9 Å². The molecule has 0 spiro atoms. The highest BCUT2D eigenvalue weighted by Crippen LogP contribution is 2.17. The molecule has 1 saturated heterocycles. The number of hydrogen-bond acceptors (Lipinski definition) is 5. The summed E-state index contributed by atoms with van der Waals surface area (Å²) >= 11 is 0.